The van der Waals surface area contributed by atoms with E-state index in [0.29, 0.717) is 74.2 Å². The molecule has 1 aliphatic heterocycles. The molecule has 2 fully saturated rings. The largest absolute Gasteiger partial charge is 0.388 e. The number of aliphatic hydroxyl groups is 2. The third kappa shape index (κ3) is 7.30. The zero-order valence-electron chi connectivity index (χ0n) is 29.8. The maximum atomic E-state index is 12.8. The summed E-state index contributed by atoms with van der Waals surface area (Å²) >= 11 is 0. The van der Waals surface area contributed by atoms with E-state index in [-0.39, 0.29) is 18.0 Å². The van der Waals surface area contributed by atoms with Gasteiger partial charge >= 0.3 is 6.03 Å². The monoisotopic (exact) mass is 729 g/mol. The van der Waals surface area contributed by atoms with Gasteiger partial charge in [0.15, 0.2) is 22.8 Å². The molecule has 2 aromatic carbocycles. The van der Waals surface area contributed by atoms with Gasteiger partial charge in [-0.2, -0.15) is 14.8 Å². The van der Waals surface area contributed by atoms with Crippen molar-refractivity contribution in [2.45, 2.75) is 69.0 Å². The van der Waals surface area contributed by atoms with E-state index in [1.54, 1.807) is 18.7 Å². The second-order valence-electron chi connectivity index (χ2n) is 13.8. The van der Waals surface area contributed by atoms with Crippen LogP contribution in [0.15, 0.2) is 91.5 Å². The highest BCUT2D eigenvalue weighted by atomic mass is 16.3. The molecule has 0 spiro atoms. The number of benzene rings is 2. The SMILES string of the molecule is CCc1nnn([C@H]2C[C@@H](n3cnc4c(NCC(c5ccccc5)c5ccccc5)nc(N5CC[C@@H](NC(=O)NCc6ccncc6)C5)nc43)[C@H](O)[C@@H]2O)n1. The standard InChI is InChI=1S/C38H43N13O3/c1-2-31-46-48-51(47-31)30-19-29(33(52)34(30)53)50-23-42-32-35(40-21-28(25-9-5-3-6-10-25)26-11-7-4-8-12-26)44-37(45-36(32)50)49-18-15-27(22-49)43-38(54)41-20-24-13-16-39-17-14-24/h3-14,16-17,23,27-30,33-34,52-53H,2,15,18-22H2,1H3,(H,40,44,45)(H2,41,43,54)/t27-,29-,30+,33+,34-/m1/s1. The molecule has 1 saturated heterocycles. The molecule has 8 rings (SSSR count). The maximum Gasteiger partial charge on any atom is 0.315 e. The highest BCUT2D eigenvalue weighted by Gasteiger charge is 2.45. The van der Waals surface area contributed by atoms with Gasteiger partial charge < -0.3 is 35.6 Å². The van der Waals surface area contributed by atoms with Gasteiger partial charge in [-0.3, -0.25) is 4.98 Å². The maximum absolute atomic E-state index is 12.8. The smallest absolute Gasteiger partial charge is 0.315 e. The number of nitrogens with one attached hydrogen (secondary N) is 3. The van der Waals surface area contributed by atoms with Crippen LogP contribution in [0.25, 0.3) is 11.2 Å². The number of fused-ring (bicyclic) bond motifs is 1. The molecule has 2 amide bonds. The molecule has 278 valence electrons. The minimum atomic E-state index is -1.13. The van der Waals surface area contributed by atoms with Crippen LogP contribution < -0.4 is 20.9 Å². The molecule has 6 aromatic rings. The Balaban J connectivity index is 1.08. The lowest BCUT2D eigenvalue weighted by Crippen LogP contribution is -2.43. The van der Waals surface area contributed by atoms with Crippen LogP contribution in [0.2, 0.25) is 0 Å². The summed E-state index contributed by atoms with van der Waals surface area (Å²) in [4.78, 5) is 35.1. The molecule has 5 N–H and O–H groups in total. The van der Waals surface area contributed by atoms with Crippen molar-refractivity contribution in [3.63, 3.8) is 0 Å². The predicted molar refractivity (Wildman–Crippen MR) is 201 cm³/mol. The van der Waals surface area contributed by atoms with Gasteiger partial charge in [0.2, 0.25) is 5.95 Å². The van der Waals surface area contributed by atoms with E-state index in [1.807, 2.05) is 60.0 Å². The predicted octanol–water partition coefficient (Wildman–Crippen LogP) is 3.00. The molecule has 54 heavy (non-hydrogen) atoms. The summed E-state index contributed by atoms with van der Waals surface area (Å²) in [5.74, 6) is 1.60. The van der Waals surface area contributed by atoms with Crippen LogP contribution in [0.5, 0.6) is 0 Å². The van der Waals surface area contributed by atoms with Gasteiger partial charge in [0, 0.05) is 57.0 Å². The Hall–Kier alpha value is -6.00. The average Bonchev–Trinajstić information content (AvgIpc) is 4.03. The van der Waals surface area contributed by atoms with Gasteiger partial charge in [0.25, 0.3) is 0 Å². The molecule has 5 atom stereocenters. The highest BCUT2D eigenvalue weighted by Crippen LogP contribution is 2.40. The Kier molecular flexibility index (Phi) is 10.1. The van der Waals surface area contributed by atoms with Crippen LogP contribution in [-0.2, 0) is 13.0 Å². The Bertz CT molecular complexity index is 2130. The summed E-state index contributed by atoms with van der Waals surface area (Å²) in [5, 5.41) is 44.8. The van der Waals surface area contributed by atoms with Crippen LogP contribution in [0.3, 0.4) is 0 Å². The number of carbonyl (C=O) groups excluding carboxylic acids is 1. The van der Waals surface area contributed by atoms with Crippen molar-refractivity contribution in [2.75, 3.05) is 29.9 Å². The molecule has 16 heteroatoms. The van der Waals surface area contributed by atoms with E-state index in [9.17, 15) is 15.0 Å². The van der Waals surface area contributed by atoms with Crippen molar-refractivity contribution in [2.24, 2.45) is 0 Å². The number of anilines is 2. The van der Waals surface area contributed by atoms with E-state index in [1.165, 1.54) is 4.80 Å². The Morgan fingerprint density at radius 3 is 2.37 bits per heavy atom. The van der Waals surface area contributed by atoms with Gasteiger partial charge in [0.1, 0.15) is 18.2 Å². The van der Waals surface area contributed by atoms with Crippen LogP contribution in [0.4, 0.5) is 16.6 Å². The Morgan fingerprint density at radius 2 is 1.67 bits per heavy atom. The summed E-state index contributed by atoms with van der Waals surface area (Å²) in [6.07, 6.45) is 4.43. The summed E-state index contributed by atoms with van der Waals surface area (Å²) < 4.78 is 1.82. The van der Waals surface area contributed by atoms with Crippen molar-refractivity contribution >= 4 is 29.0 Å². The van der Waals surface area contributed by atoms with Crippen LogP contribution in [-0.4, -0.2) is 98.8 Å². The number of aryl methyl sites for hydroxylation is 1. The number of tetrazole rings is 1. The quantitative estimate of drug-likeness (QED) is 0.124. The fourth-order valence-electron chi connectivity index (χ4n) is 7.42. The van der Waals surface area contributed by atoms with Crippen LogP contribution >= 0.6 is 0 Å². The Labute approximate surface area is 311 Å². The van der Waals surface area contributed by atoms with Crippen molar-refractivity contribution < 1.29 is 15.0 Å². The van der Waals surface area contributed by atoms with Gasteiger partial charge in [0.05, 0.1) is 12.4 Å². The summed E-state index contributed by atoms with van der Waals surface area (Å²) in [6.45, 7) is 3.98. The zero-order valence-corrected chi connectivity index (χ0v) is 29.8. The van der Waals surface area contributed by atoms with E-state index < -0.39 is 24.3 Å². The van der Waals surface area contributed by atoms with E-state index >= 15 is 0 Å². The second kappa shape index (κ2) is 15.5. The fraction of sp³-hybridized carbons (Fsp3) is 0.368. The third-order valence-electron chi connectivity index (χ3n) is 10.4. The molecule has 1 saturated carbocycles. The number of aromatic nitrogens is 9. The normalized spacial score (nSPS) is 21.2. The van der Waals surface area contributed by atoms with Crippen LogP contribution in [0.1, 0.15) is 60.3 Å². The fourth-order valence-corrected chi connectivity index (χ4v) is 7.42. The minimum absolute atomic E-state index is 0.0183. The molecule has 0 bridgehead atoms. The third-order valence-corrected chi connectivity index (χ3v) is 10.4. The van der Waals surface area contributed by atoms with Gasteiger partial charge in [-0.1, -0.05) is 67.6 Å². The molecule has 5 heterocycles. The lowest BCUT2D eigenvalue weighted by atomic mass is 9.91. The van der Waals surface area contributed by atoms with Gasteiger partial charge in [-0.25, -0.2) is 9.78 Å². The first-order chi connectivity index (χ1) is 26.4. The average molecular weight is 730 g/mol. The molecule has 0 radical (unpaired) electrons. The van der Waals surface area contributed by atoms with E-state index in [4.69, 9.17) is 15.0 Å². The van der Waals surface area contributed by atoms with Crippen molar-refractivity contribution in [1.29, 1.82) is 0 Å². The number of carbonyl (C=O) groups is 1. The summed E-state index contributed by atoms with van der Waals surface area (Å²) in [6, 6.07) is 22.9. The number of hydrogen-bond acceptors (Lipinski definition) is 12. The molecule has 2 aliphatic rings. The minimum Gasteiger partial charge on any atom is -0.388 e. The number of hydrogen-bond donors (Lipinski definition) is 5. The second-order valence-corrected chi connectivity index (χ2v) is 13.8. The first kappa shape index (κ1) is 35.1. The highest BCUT2D eigenvalue weighted by molar-refractivity contribution is 5.84. The number of aliphatic hydroxyl groups excluding tert-OH is 2. The molecular weight excluding hydrogens is 687 g/mol. The zero-order chi connectivity index (χ0) is 37.0. The molecule has 4 aromatic heterocycles. The van der Waals surface area contributed by atoms with Gasteiger partial charge in [-0.15, -0.1) is 10.2 Å². The topological polar surface area (TPSA) is 197 Å². The Morgan fingerprint density at radius 1 is 0.944 bits per heavy atom. The lowest BCUT2D eigenvalue weighted by molar-refractivity contribution is 0.00473. The molecule has 1 aliphatic carbocycles. The van der Waals surface area contributed by atoms with Crippen LogP contribution in [0, 0.1) is 0 Å². The first-order valence-electron chi connectivity index (χ1n) is 18.4. The number of urea groups is 1. The first-order valence-corrected chi connectivity index (χ1v) is 18.4. The van der Waals surface area contributed by atoms with Gasteiger partial charge in [-0.05, 0) is 46.9 Å². The van der Waals surface area contributed by atoms with E-state index in [0.717, 1.165) is 16.7 Å². The van der Waals surface area contributed by atoms with Crippen molar-refractivity contribution in [3.8, 4) is 0 Å². The molecule has 16 nitrogen and oxygen atoms in total. The summed E-state index contributed by atoms with van der Waals surface area (Å²) in [5.41, 5.74) is 4.33. The number of rotatable bonds is 12. The number of nitrogens with zero attached hydrogens (tertiary/aromatic N) is 10. The number of pyridine rings is 1. The van der Waals surface area contributed by atoms with Crippen molar-refractivity contribution in [3.05, 3.63) is 114 Å². The van der Waals surface area contributed by atoms with E-state index in [2.05, 4.69) is 65.5 Å². The number of amides is 2. The number of imidazole rings is 1. The van der Waals surface area contributed by atoms with Crippen molar-refractivity contribution in [1.82, 2.24) is 55.3 Å². The molecular formula is C38H43N13O3. The molecule has 0 unspecified atom stereocenters. The summed E-state index contributed by atoms with van der Waals surface area (Å²) in [7, 11) is 0. The lowest BCUT2D eigenvalue weighted by Gasteiger charge is -2.22.